The predicted molar refractivity (Wildman–Crippen MR) is 85.9 cm³/mol. The number of hydrogen-bond acceptors (Lipinski definition) is 2. The standard InChI is InChI=1S/C16H17BrN2O/c1-10-6-11(2)15(14(17)7-10)19-9-12-4-3-5-13(8-12)16(18)20/h3-8,19H,9H2,1-2H3,(H2,18,20). The van der Waals surface area contributed by atoms with Crippen molar-refractivity contribution < 1.29 is 4.79 Å². The van der Waals surface area contributed by atoms with E-state index in [1.807, 2.05) is 18.2 Å². The van der Waals surface area contributed by atoms with Crippen LogP contribution in [0.5, 0.6) is 0 Å². The van der Waals surface area contributed by atoms with Crippen molar-refractivity contribution in [3.8, 4) is 0 Å². The monoisotopic (exact) mass is 332 g/mol. The van der Waals surface area contributed by atoms with Gasteiger partial charge in [0, 0.05) is 16.6 Å². The van der Waals surface area contributed by atoms with E-state index in [0.717, 1.165) is 15.7 Å². The van der Waals surface area contributed by atoms with Crippen molar-refractivity contribution in [2.24, 2.45) is 5.73 Å². The molecule has 4 heteroatoms. The van der Waals surface area contributed by atoms with Gasteiger partial charge in [0.05, 0.1) is 5.69 Å². The summed E-state index contributed by atoms with van der Waals surface area (Å²) in [6.45, 7) is 4.78. The molecule has 0 unspecified atom stereocenters. The van der Waals surface area contributed by atoms with Gasteiger partial charge in [-0.25, -0.2) is 0 Å². The summed E-state index contributed by atoms with van der Waals surface area (Å²) in [5.74, 6) is -0.403. The van der Waals surface area contributed by atoms with E-state index in [2.05, 4.69) is 47.2 Å². The quantitative estimate of drug-likeness (QED) is 0.895. The summed E-state index contributed by atoms with van der Waals surface area (Å²) in [4.78, 5) is 11.2. The Kier molecular flexibility index (Phi) is 4.45. The predicted octanol–water partition coefficient (Wildman–Crippen LogP) is 3.78. The summed E-state index contributed by atoms with van der Waals surface area (Å²) in [5, 5.41) is 3.39. The van der Waals surface area contributed by atoms with E-state index in [4.69, 9.17) is 5.73 Å². The van der Waals surface area contributed by atoms with Crippen molar-refractivity contribution in [2.75, 3.05) is 5.32 Å². The lowest BCUT2D eigenvalue weighted by Gasteiger charge is -2.13. The first-order valence-corrected chi connectivity index (χ1v) is 7.16. The molecule has 0 spiro atoms. The normalized spacial score (nSPS) is 10.3. The van der Waals surface area contributed by atoms with E-state index in [0.29, 0.717) is 12.1 Å². The van der Waals surface area contributed by atoms with Crippen LogP contribution in [0.3, 0.4) is 0 Å². The molecule has 1 amide bonds. The van der Waals surface area contributed by atoms with Crippen LogP contribution >= 0.6 is 15.9 Å². The maximum atomic E-state index is 11.2. The van der Waals surface area contributed by atoms with Gasteiger partial charge in [-0.15, -0.1) is 0 Å². The largest absolute Gasteiger partial charge is 0.380 e. The SMILES string of the molecule is Cc1cc(C)c(NCc2cccc(C(N)=O)c2)c(Br)c1. The fourth-order valence-corrected chi connectivity index (χ4v) is 2.98. The second-order valence-electron chi connectivity index (χ2n) is 4.86. The van der Waals surface area contributed by atoms with Gasteiger partial charge in [-0.05, 0) is 64.7 Å². The van der Waals surface area contributed by atoms with Crippen molar-refractivity contribution in [2.45, 2.75) is 20.4 Å². The number of rotatable bonds is 4. The minimum Gasteiger partial charge on any atom is -0.380 e. The topological polar surface area (TPSA) is 55.1 Å². The molecule has 0 radical (unpaired) electrons. The summed E-state index contributed by atoms with van der Waals surface area (Å²) < 4.78 is 1.04. The van der Waals surface area contributed by atoms with E-state index in [1.54, 1.807) is 6.07 Å². The zero-order valence-corrected chi connectivity index (χ0v) is 13.1. The highest BCUT2D eigenvalue weighted by Gasteiger charge is 2.06. The maximum absolute atomic E-state index is 11.2. The average Bonchev–Trinajstić information content (AvgIpc) is 2.37. The van der Waals surface area contributed by atoms with E-state index >= 15 is 0 Å². The number of anilines is 1. The Bertz CT molecular complexity index is 630. The van der Waals surface area contributed by atoms with Gasteiger partial charge in [-0.2, -0.15) is 0 Å². The molecule has 0 fully saturated rings. The molecule has 2 rings (SSSR count). The van der Waals surface area contributed by atoms with Gasteiger partial charge in [0.2, 0.25) is 5.91 Å². The summed E-state index contributed by atoms with van der Waals surface area (Å²) in [5.41, 5.74) is 10.3. The number of amides is 1. The third-order valence-electron chi connectivity index (χ3n) is 3.11. The fraction of sp³-hybridized carbons (Fsp3) is 0.188. The van der Waals surface area contributed by atoms with E-state index in [9.17, 15) is 4.79 Å². The Morgan fingerprint density at radius 1 is 1.25 bits per heavy atom. The maximum Gasteiger partial charge on any atom is 0.248 e. The molecule has 0 aliphatic carbocycles. The molecule has 0 heterocycles. The lowest BCUT2D eigenvalue weighted by molar-refractivity contribution is 0.1000. The van der Waals surface area contributed by atoms with Crippen LogP contribution in [0, 0.1) is 13.8 Å². The average molecular weight is 333 g/mol. The first-order valence-electron chi connectivity index (χ1n) is 6.36. The van der Waals surface area contributed by atoms with Crippen LogP contribution in [0.2, 0.25) is 0 Å². The first kappa shape index (κ1) is 14.6. The molecule has 0 saturated carbocycles. The molecule has 0 aliphatic heterocycles. The zero-order chi connectivity index (χ0) is 14.7. The van der Waals surface area contributed by atoms with Gasteiger partial charge in [0.25, 0.3) is 0 Å². The first-order chi connectivity index (χ1) is 9.47. The molecule has 2 aromatic rings. The Morgan fingerprint density at radius 3 is 2.65 bits per heavy atom. The number of nitrogens with one attached hydrogen (secondary N) is 1. The lowest BCUT2D eigenvalue weighted by Crippen LogP contribution is -2.11. The highest BCUT2D eigenvalue weighted by atomic mass is 79.9. The fourth-order valence-electron chi connectivity index (χ4n) is 2.16. The van der Waals surface area contributed by atoms with Gasteiger partial charge >= 0.3 is 0 Å². The second kappa shape index (κ2) is 6.09. The molecule has 3 nitrogen and oxygen atoms in total. The molecule has 0 atom stereocenters. The van der Waals surface area contributed by atoms with Crippen LogP contribution in [0.15, 0.2) is 40.9 Å². The van der Waals surface area contributed by atoms with Gasteiger partial charge in [-0.1, -0.05) is 18.2 Å². The number of carbonyl (C=O) groups is 1. The van der Waals surface area contributed by atoms with Crippen LogP contribution < -0.4 is 11.1 Å². The Hall–Kier alpha value is -1.81. The Morgan fingerprint density at radius 2 is 2.00 bits per heavy atom. The molecule has 2 aromatic carbocycles. The van der Waals surface area contributed by atoms with Crippen molar-refractivity contribution in [3.05, 3.63) is 63.1 Å². The van der Waals surface area contributed by atoms with Crippen LogP contribution in [0.4, 0.5) is 5.69 Å². The third kappa shape index (κ3) is 3.39. The molecule has 0 bridgehead atoms. The molecule has 0 aliphatic rings. The Balaban J connectivity index is 2.17. The number of halogens is 1. The summed E-state index contributed by atoms with van der Waals surface area (Å²) in [6, 6.07) is 11.6. The van der Waals surface area contributed by atoms with Crippen LogP contribution in [0.25, 0.3) is 0 Å². The molecular formula is C16H17BrN2O. The Labute approximate surface area is 127 Å². The summed E-state index contributed by atoms with van der Waals surface area (Å²) in [7, 11) is 0. The highest BCUT2D eigenvalue weighted by Crippen LogP contribution is 2.28. The number of nitrogens with two attached hydrogens (primary N) is 1. The third-order valence-corrected chi connectivity index (χ3v) is 3.74. The van der Waals surface area contributed by atoms with E-state index in [1.165, 1.54) is 11.1 Å². The molecular weight excluding hydrogens is 316 g/mol. The number of carbonyl (C=O) groups excluding carboxylic acids is 1. The van der Waals surface area contributed by atoms with Crippen LogP contribution in [0.1, 0.15) is 27.0 Å². The van der Waals surface area contributed by atoms with Crippen LogP contribution in [-0.4, -0.2) is 5.91 Å². The molecule has 3 N–H and O–H groups in total. The molecule has 0 aromatic heterocycles. The molecule has 20 heavy (non-hydrogen) atoms. The number of benzene rings is 2. The smallest absolute Gasteiger partial charge is 0.248 e. The van der Waals surface area contributed by atoms with Crippen molar-refractivity contribution in [1.29, 1.82) is 0 Å². The van der Waals surface area contributed by atoms with E-state index in [-0.39, 0.29) is 0 Å². The van der Waals surface area contributed by atoms with Crippen LogP contribution in [-0.2, 0) is 6.54 Å². The number of aryl methyl sites for hydroxylation is 2. The van der Waals surface area contributed by atoms with Gasteiger partial charge in [0.1, 0.15) is 0 Å². The van der Waals surface area contributed by atoms with Gasteiger partial charge in [-0.3, -0.25) is 4.79 Å². The van der Waals surface area contributed by atoms with Crippen molar-refractivity contribution in [1.82, 2.24) is 0 Å². The number of primary amides is 1. The minimum absolute atomic E-state index is 0.403. The van der Waals surface area contributed by atoms with Gasteiger partial charge < -0.3 is 11.1 Å². The second-order valence-corrected chi connectivity index (χ2v) is 5.71. The number of hydrogen-bond donors (Lipinski definition) is 2. The van der Waals surface area contributed by atoms with Gasteiger partial charge in [0.15, 0.2) is 0 Å². The summed E-state index contributed by atoms with van der Waals surface area (Å²) in [6.07, 6.45) is 0. The zero-order valence-electron chi connectivity index (χ0n) is 11.5. The molecule has 104 valence electrons. The van der Waals surface area contributed by atoms with Crippen molar-refractivity contribution in [3.63, 3.8) is 0 Å². The highest BCUT2D eigenvalue weighted by molar-refractivity contribution is 9.10. The minimum atomic E-state index is -0.403. The lowest BCUT2D eigenvalue weighted by atomic mass is 10.1. The summed E-state index contributed by atoms with van der Waals surface area (Å²) >= 11 is 3.57. The van der Waals surface area contributed by atoms with Crippen molar-refractivity contribution >= 4 is 27.5 Å². The van der Waals surface area contributed by atoms with E-state index < -0.39 is 5.91 Å². The molecule has 0 saturated heterocycles.